The van der Waals surface area contributed by atoms with E-state index in [4.69, 9.17) is 11.6 Å². The van der Waals surface area contributed by atoms with Gasteiger partial charge in [0.05, 0.1) is 5.38 Å². The molecule has 0 fully saturated rings. The molecule has 0 radical (unpaired) electrons. The van der Waals surface area contributed by atoms with Crippen molar-refractivity contribution >= 4 is 11.6 Å². The van der Waals surface area contributed by atoms with Crippen molar-refractivity contribution in [3.05, 3.63) is 35.9 Å². The van der Waals surface area contributed by atoms with Crippen LogP contribution in [0.15, 0.2) is 30.3 Å². The Morgan fingerprint density at radius 1 is 0.750 bits per heavy atom. The van der Waals surface area contributed by atoms with Crippen molar-refractivity contribution in [1.29, 1.82) is 0 Å². The van der Waals surface area contributed by atoms with Crippen molar-refractivity contribution < 1.29 is 0 Å². The van der Waals surface area contributed by atoms with Crippen LogP contribution in [0.3, 0.4) is 0 Å². The molecule has 0 nitrogen and oxygen atoms in total. The summed E-state index contributed by atoms with van der Waals surface area (Å²) >= 11 is 6.42. The normalized spacial score (nSPS) is 12.5. The van der Waals surface area contributed by atoms with Gasteiger partial charge in [0, 0.05) is 0 Å². The lowest BCUT2D eigenvalue weighted by Crippen LogP contribution is -1.90. The fourth-order valence-corrected chi connectivity index (χ4v) is 2.94. The number of hydrogen-bond donors (Lipinski definition) is 0. The van der Waals surface area contributed by atoms with Gasteiger partial charge in [0.15, 0.2) is 0 Å². The first-order valence-corrected chi connectivity index (χ1v) is 8.97. The number of alkyl halides is 1. The van der Waals surface area contributed by atoms with E-state index >= 15 is 0 Å². The summed E-state index contributed by atoms with van der Waals surface area (Å²) in [5.74, 6) is 0. The third-order valence-corrected chi connectivity index (χ3v) is 4.44. The Kier molecular flexibility index (Phi) is 10.8. The van der Waals surface area contributed by atoms with E-state index in [0.29, 0.717) is 0 Å². The summed E-state index contributed by atoms with van der Waals surface area (Å²) in [5, 5.41) is 0.199. The van der Waals surface area contributed by atoms with Crippen LogP contribution in [0.1, 0.15) is 88.5 Å². The molecule has 0 aliphatic carbocycles. The van der Waals surface area contributed by atoms with Crippen LogP contribution in [0.2, 0.25) is 0 Å². The zero-order valence-electron chi connectivity index (χ0n) is 13.1. The molecule has 1 aromatic rings. The highest BCUT2D eigenvalue weighted by Crippen LogP contribution is 2.26. The molecule has 0 saturated carbocycles. The zero-order valence-corrected chi connectivity index (χ0v) is 13.9. The van der Waals surface area contributed by atoms with Crippen molar-refractivity contribution in [1.82, 2.24) is 0 Å². The molecular formula is C19H31Cl. The van der Waals surface area contributed by atoms with E-state index in [1.165, 1.54) is 69.8 Å². The SMILES string of the molecule is CCCCCCCCCCCC[C@H](Cl)c1ccccc1. The summed E-state index contributed by atoms with van der Waals surface area (Å²) in [5.41, 5.74) is 1.27. The van der Waals surface area contributed by atoms with Crippen LogP contribution in [0.4, 0.5) is 0 Å². The van der Waals surface area contributed by atoms with Gasteiger partial charge in [-0.05, 0) is 12.0 Å². The van der Waals surface area contributed by atoms with Gasteiger partial charge in [0.1, 0.15) is 0 Å². The summed E-state index contributed by atoms with van der Waals surface area (Å²) in [6.45, 7) is 2.28. The number of hydrogen-bond acceptors (Lipinski definition) is 0. The Morgan fingerprint density at radius 2 is 1.25 bits per heavy atom. The average molecular weight is 295 g/mol. The van der Waals surface area contributed by atoms with Crippen LogP contribution >= 0.6 is 11.6 Å². The van der Waals surface area contributed by atoms with E-state index in [2.05, 4.69) is 31.2 Å². The first-order valence-electron chi connectivity index (χ1n) is 8.53. The standard InChI is InChI=1S/C19H31Cl/c1-2-3-4-5-6-7-8-9-10-14-17-19(20)18-15-12-11-13-16-18/h11-13,15-16,19H,2-10,14,17H2,1H3/t19-/m0/s1. The Bertz CT molecular complexity index is 307. The van der Waals surface area contributed by atoms with Gasteiger partial charge in [0.25, 0.3) is 0 Å². The monoisotopic (exact) mass is 294 g/mol. The number of halogens is 1. The Morgan fingerprint density at radius 3 is 1.80 bits per heavy atom. The predicted octanol–water partition coefficient (Wildman–Crippen LogP) is 7.28. The van der Waals surface area contributed by atoms with Crippen molar-refractivity contribution in [2.75, 3.05) is 0 Å². The minimum Gasteiger partial charge on any atom is -0.118 e. The molecule has 0 saturated heterocycles. The second-order valence-electron chi connectivity index (χ2n) is 5.85. The Labute approximate surface area is 130 Å². The number of unbranched alkanes of at least 4 members (excludes halogenated alkanes) is 9. The van der Waals surface area contributed by atoms with Gasteiger partial charge in [-0.3, -0.25) is 0 Å². The van der Waals surface area contributed by atoms with E-state index in [9.17, 15) is 0 Å². The number of benzene rings is 1. The molecule has 20 heavy (non-hydrogen) atoms. The van der Waals surface area contributed by atoms with Gasteiger partial charge < -0.3 is 0 Å². The molecule has 1 heteroatoms. The van der Waals surface area contributed by atoms with Crippen molar-refractivity contribution in [3.8, 4) is 0 Å². The molecule has 1 atom stereocenters. The summed E-state index contributed by atoms with van der Waals surface area (Å²) in [6.07, 6.45) is 15.0. The maximum absolute atomic E-state index is 6.42. The van der Waals surface area contributed by atoms with E-state index < -0.39 is 0 Å². The van der Waals surface area contributed by atoms with Crippen LogP contribution in [0.5, 0.6) is 0 Å². The molecule has 0 N–H and O–H groups in total. The van der Waals surface area contributed by atoms with Crippen molar-refractivity contribution in [3.63, 3.8) is 0 Å². The molecule has 0 aliphatic rings. The van der Waals surface area contributed by atoms with Crippen LogP contribution < -0.4 is 0 Å². The smallest absolute Gasteiger partial charge is 0.0585 e. The van der Waals surface area contributed by atoms with E-state index in [-0.39, 0.29) is 5.38 Å². The topological polar surface area (TPSA) is 0 Å². The maximum Gasteiger partial charge on any atom is 0.0585 e. The lowest BCUT2D eigenvalue weighted by molar-refractivity contribution is 0.547. The Balaban J connectivity index is 1.90. The van der Waals surface area contributed by atoms with Crippen molar-refractivity contribution in [2.45, 2.75) is 82.9 Å². The van der Waals surface area contributed by atoms with Gasteiger partial charge in [-0.25, -0.2) is 0 Å². The maximum atomic E-state index is 6.42. The molecule has 114 valence electrons. The molecule has 1 aromatic carbocycles. The molecule has 0 amide bonds. The molecule has 0 aromatic heterocycles. The number of rotatable bonds is 12. The van der Waals surface area contributed by atoms with Crippen LogP contribution in [-0.2, 0) is 0 Å². The van der Waals surface area contributed by atoms with Gasteiger partial charge in [-0.15, -0.1) is 11.6 Å². The molecule has 0 spiro atoms. The van der Waals surface area contributed by atoms with Gasteiger partial charge in [-0.2, -0.15) is 0 Å². The second kappa shape index (κ2) is 12.3. The highest BCUT2D eigenvalue weighted by molar-refractivity contribution is 6.20. The van der Waals surface area contributed by atoms with Gasteiger partial charge in [0.2, 0.25) is 0 Å². The highest BCUT2D eigenvalue weighted by atomic mass is 35.5. The van der Waals surface area contributed by atoms with E-state index in [0.717, 1.165) is 6.42 Å². The van der Waals surface area contributed by atoms with Gasteiger partial charge in [-0.1, -0.05) is 101 Å². The van der Waals surface area contributed by atoms with Crippen molar-refractivity contribution in [2.24, 2.45) is 0 Å². The summed E-state index contributed by atoms with van der Waals surface area (Å²) in [6, 6.07) is 10.5. The summed E-state index contributed by atoms with van der Waals surface area (Å²) in [4.78, 5) is 0. The summed E-state index contributed by atoms with van der Waals surface area (Å²) in [7, 11) is 0. The first-order chi connectivity index (χ1) is 9.84. The molecule has 1 rings (SSSR count). The van der Waals surface area contributed by atoms with E-state index in [1.54, 1.807) is 0 Å². The third kappa shape index (κ3) is 8.64. The third-order valence-electron chi connectivity index (χ3n) is 3.97. The van der Waals surface area contributed by atoms with Crippen LogP contribution in [0, 0.1) is 0 Å². The largest absolute Gasteiger partial charge is 0.118 e. The lowest BCUT2D eigenvalue weighted by atomic mass is 10.0. The fraction of sp³-hybridized carbons (Fsp3) is 0.684. The average Bonchev–Trinajstić information content (AvgIpc) is 2.50. The minimum absolute atomic E-state index is 0.199. The molecular weight excluding hydrogens is 264 g/mol. The van der Waals surface area contributed by atoms with Gasteiger partial charge >= 0.3 is 0 Å². The Hall–Kier alpha value is -0.490. The zero-order chi connectivity index (χ0) is 14.5. The highest BCUT2D eigenvalue weighted by Gasteiger charge is 2.06. The molecule has 0 aliphatic heterocycles. The minimum atomic E-state index is 0.199. The quantitative estimate of drug-likeness (QED) is 0.281. The molecule has 0 bridgehead atoms. The summed E-state index contributed by atoms with van der Waals surface area (Å²) < 4.78 is 0. The van der Waals surface area contributed by atoms with Crippen LogP contribution in [0.25, 0.3) is 0 Å². The van der Waals surface area contributed by atoms with Crippen LogP contribution in [-0.4, -0.2) is 0 Å². The first kappa shape index (κ1) is 17.6. The van der Waals surface area contributed by atoms with E-state index in [1.807, 2.05) is 6.07 Å². The fourth-order valence-electron chi connectivity index (χ4n) is 2.64. The lowest BCUT2D eigenvalue weighted by Gasteiger charge is -2.09. The predicted molar refractivity (Wildman–Crippen MR) is 91.5 cm³/mol. The molecule has 0 unspecified atom stereocenters. The second-order valence-corrected chi connectivity index (χ2v) is 6.38. The molecule has 0 heterocycles.